The monoisotopic (exact) mass is 296 g/mol. The van der Waals surface area contributed by atoms with Crippen LogP contribution >= 0.6 is 0 Å². The third-order valence-corrected chi connectivity index (χ3v) is 3.55. The van der Waals surface area contributed by atoms with Gasteiger partial charge >= 0.3 is 6.18 Å². The number of aliphatic hydroxyl groups is 1. The van der Waals surface area contributed by atoms with Crippen LogP contribution in [0.3, 0.4) is 0 Å². The van der Waals surface area contributed by atoms with Crippen molar-refractivity contribution in [3.63, 3.8) is 0 Å². The number of phenols is 1. The second-order valence-electron chi connectivity index (χ2n) is 4.84. The minimum atomic E-state index is -4.40. The molecule has 1 atom stereocenters. The Labute approximate surface area is 120 Å². The molecule has 0 aliphatic rings. The fourth-order valence-electron chi connectivity index (χ4n) is 2.25. The molecule has 0 heterocycles. The lowest BCUT2D eigenvalue weighted by Crippen LogP contribution is -2.26. The van der Waals surface area contributed by atoms with Crippen LogP contribution in [0, 0.1) is 0 Å². The topological polar surface area (TPSA) is 40.5 Å². The van der Waals surface area contributed by atoms with Crippen LogP contribution in [0.15, 0.2) is 48.5 Å². The Hall–Kier alpha value is -2.01. The first kappa shape index (κ1) is 15.4. The summed E-state index contributed by atoms with van der Waals surface area (Å²) in [6, 6.07) is 10.4. The minimum absolute atomic E-state index is 0.0598. The van der Waals surface area contributed by atoms with Crippen LogP contribution in [0.25, 0.3) is 0 Å². The Morgan fingerprint density at radius 3 is 1.57 bits per heavy atom. The van der Waals surface area contributed by atoms with E-state index in [0.717, 1.165) is 12.1 Å². The molecule has 2 nitrogen and oxygen atoms in total. The highest BCUT2D eigenvalue weighted by atomic mass is 19.4. The second-order valence-corrected chi connectivity index (χ2v) is 4.84. The van der Waals surface area contributed by atoms with Gasteiger partial charge < -0.3 is 10.2 Å². The number of alkyl halides is 3. The lowest BCUT2D eigenvalue weighted by Gasteiger charge is -2.28. The van der Waals surface area contributed by atoms with Crippen molar-refractivity contribution in [1.29, 1.82) is 0 Å². The minimum Gasteiger partial charge on any atom is -0.508 e. The summed E-state index contributed by atoms with van der Waals surface area (Å²) in [5.41, 5.74) is -1.25. The van der Waals surface area contributed by atoms with Crippen molar-refractivity contribution in [2.24, 2.45) is 0 Å². The van der Waals surface area contributed by atoms with Crippen molar-refractivity contribution >= 4 is 0 Å². The molecule has 0 amide bonds. The van der Waals surface area contributed by atoms with Crippen molar-refractivity contribution in [1.82, 2.24) is 0 Å². The maximum absolute atomic E-state index is 12.6. The van der Waals surface area contributed by atoms with E-state index < -0.39 is 17.3 Å². The summed E-state index contributed by atoms with van der Waals surface area (Å²) in [6.07, 6.45) is -4.11. The maximum Gasteiger partial charge on any atom is 0.416 e. The number of aromatic hydroxyl groups is 1. The zero-order valence-electron chi connectivity index (χ0n) is 11.4. The molecule has 0 aliphatic carbocycles. The predicted molar refractivity (Wildman–Crippen MR) is 72.8 cm³/mol. The molecule has 2 rings (SSSR count). The standard InChI is InChI=1S/C16H15F3O2/c1-2-15(21,12-7-9-14(20)10-8-12)11-3-5-13(6-4-11)16(17,18)19/h3-10,20-21H,2H2,1H3. The molecule has 0 spiro atoms. The molecule has 5 heteroatoms. The Bertz CT molecular complexity index is 603. The summed E-state index contributed by atoms with van der Waals surface area (Å²) in [7, 11) is 0. The normalized spacial score (nSPS) is 14.7. The predicted octanol–water partition coefficient (Wildman–Crippen LogP) is 4.06. The first-order valence-corrected chi connectivity index (χ1v) is 6.47. The highest BCUT2D eigenvalue weighted by Gasteiger charge is 2.33. The highest BCUT2D eigenvalue weighted by molar-refractivity contribution is 5.39. The Balaban J connectivity index is 2.43. The molecule has 0 saturated carbocycles. The Kier molecular flexibility index (Phi) is 3.96. The van der Waals surface area contributed by atoms with Gasteiger partial charge in [0.2, 0.25) is 0 Å². The summed E-state index contributed by atoms with van der Waals surface area (Å²) >= 11 is 0. The zero-order valence-corrected chi connectivity index (χ0v) is 11.4. The first-order valence-electron chi connectivity index (χ1n) is 6.47. The third-order valence-electron chi connectivity index (χ3n) is 3.55. The van der Waals surface area contributed by atoms with Gasteiger partial charge in [-0.15, -0.1) is 0 Å². The van der Waals surface area contributed by atoms with Crippen molar-refractivity contribution in [2.75, 3.05) is 0 Å². The third kappa shape index (κ3) is 3.03. The molecular weight excluding hydrogens is 281 g/mol. The molecule has 112 valence electrons. The number of phenolic OH excluding ortho intramolecular Hbond substituents is 1. The molecule has 0 radical (unpaired) electrons. The van der Waals surface area contributed by atoms with Crippen LogP contribution < -0.4 is 0 Å². The van der Waals surface area contributed by atoms with E-state index in [1.165, 1.54) is 24.3 Å². The summed E-state index contributed by atoms with van der Waals surface area (Å²) in [4.78, 5) is 0. The summed E-state index contributed by atoms with van der Waals surface area (Å²) in [6.45, 7) is 1.74. The van der Waals surface area contributed by atoms with E-state index in [0.29, 0.717) is 17.5 Å². The molecule has 2 aromatic carbocycles. The van der Waals surface area contributed by atoms with E-state index in [2.05, 4.69) is 0 Å². The van der Waals surface area contributed by atoms with Gasteiger partial charge in [0.05, 0.1) is 5.56 Å². The van der Waals surface area contributed by atoms with E-state index in [1.807, 2.05) is 0 Å². The number of halogens is 3. The first-order chi connectivity index (χ1) is 9.77. The van der Waals surface area contributed by atoms with Crippen LogP contribution in [-0.4, -0.2) is 10.2 Å². The summed E-state index contributed by atoms with van der Waals surface area (Å²) < 4.78 is 37.7. The molecule has 1 unspecified atom stereocenters. The largest absolute Gasteiger partial charge is 0.508 e. The summed E-state index contributed by atoms with van der Waals surface area (Å²) in [5, 5.41) is 20.1. The Morgan fingerprint density at radius 2 is 1.19 bits per heavy atom. The number of benzene rings is 2. The van der Waals surface area contributed by atoms with Crippen LogP contribution in [-0.2, 0) is 11.8 Å². The molecule has 0 bridgehead atoms. The van der Waals surface area contributed by atoms with Crippen molar-refractivity contribution in [2.45, 2.75) is 25.1 Å². The van der Waals surface area contributed by atoms with Crippen LogP contribution in [0.5, 0.6) is 5.75 Å². The van der Waals surface area contributed by atoms with Gasteiger partial charge in [0.15, 0.2) is 0 Å². The van der Waals surface area contributed by atoms with E-state index >= 15 is 0 Å². The van der Waals surface area contributed by atoms with Gasteiger partial charge in [0.25, 0.3) is 0 Å². The number of hydrogen-bond donors (Lipinski definition) is 2. The van der Waals surface area contributed by atoms with E-state index in [9.17, 15) is 23.4 Å². The zero-order chi connectivity index (χ0) is 15.7. The average molecular weight is 296 g/mol. The van der Waals surface area contributed by atoms with Crippen molar-refractivity contribution in [3.8, 4) is 5.75 Å². The molecule has 2 N–H and O–H groups in total. The second kappa shape index (κ2) is 5.41. The van der Waals surface area contributed by atoms with Gasteiger partial charge in [-0.1, -0.05) is 31.2 Å². The average Bonchev–Trinajstić information content (AvgIpc) is 2.46. The Morgan fingerprint density at radius 1 is 0.810 bits per heavy atom. The van der Waals surface area contributed by atoms with Crippen molar-refractivity contribution < 1.29 is 23.4 Å². The molecule has 0 aliphatic heterocycles. The SMILES string of the molecule is CCC(O)(c1ccc(O)cc1)c1ccc(C(F)(F)F)cc1. The van der Waals surface area contributed by atoms with Gasteiger partial charge in [-0.05, 0) is 41.8 Å². The smallest absolute Gasteiger partial charge is 0.416 e. The molecule has 2 aromatic rings. The van der Waals surface area contributed by atoms with Crippen LogP contribution in [0.1, 0.15) is 30.0 Å². The molecule has 21 heavy (non-hydrogen) atoms. The lowest BCUT2D eigenvalue weighted by molar-refractivity contribution is -0.137. The number of rotatable bonds is 3. The van der Waals surface area contributed by atoms with E-state index in [4.69, 9.17) is 0 Å². The van der Waals surface area contributed by atoms with E-state index in [-0.39, 0.29) is 5.75 Å². The summed E-state index contributed by atoms with van der Waals surface area (Å²) in [5.74, 6) is 0.0598. The van der Waals surface area contributed by atoms with Crippen LogP contribution in [0.4, 0.5) is 13.2 Å². The van der Waals surface area contributed by atoms with E-state index in [1.54, 1.807) is 19.1 Å². The quantitative estimate of drug-likeness (QED) is 0.897. The van der Waals surface area contributed by atoms with Gasteiger partial charge in [-0.3, -0.25) is 0 Å². The number of hydrogen-bond acceptors (Lipinski definition) is 2. The van der Waals surface area contributed by atoms with Gasteiger partial charge in [0, 0.05) is 0 Å². The molecule has 0 fully saturated rings. The van der Waals surface area contributed by atoms with Gasteiger partial charge in [0.1, 0.15) is 11.4 Å². The molecule has 0 aromatic heterocycles. The molecular formula is C16H15F3O2. The highest BCUT2D eigenvalue weighted by Crippen LogP contribution is 2.36. The van der Waals surface area contributed by atoms with Gasteiger partial charge in [-0.2, -0.15) is 13.2 Å². The van der Waals surface area contributed by atoms with Crippen molar-refractivity contribution in [3.05, 3.63) is 65.2 Å². The fourth-order valence-corrected chi connectivity index (χ4v) is 2.25. The molecule has 0 saturated heterocycles. The fraction of sp³-hybridized carbons (Fsp3) is 0.250. The van der Waals surface area contributed by atoms with Gasteiger partial charge in [-0.25, -0.2) is 0 Å². The van der Waals surface area contributed by atoms with Crippen LogP contribution in [0.2, 0.25) is 0 Å². The lowest BCUT2D eigenvalue weighted by atomic mass is 9.84. The maximum atomic E-state index is 12.6.